The van der Waals surface area contributed by atoms with Crippen LogP contribution >= 0.6 is 34.8 Å². The Balaban J connectivity index is 1.62. The quantitative estimate of drug-likeness (QED) is 0.587. The smallest absolute Gasteiger partial charge is 0.224 e. The highest BCUT2D eigenvalue weighted by Gasteiger charge is 2.12. The summed E-state index contributed by atoms with van der Waals surface area (Å²) in [5.74, 6) is 0.816. The lowest BCUT2D eigenvalue weighted by Gasteiger charge is -2.05. The van der Waals surface area contributed by atoms with Crippen molar-refractivity contribution in [1.82, 2.24) is 4.98 Å². The second kappa shape index (κ2) is 7.91. The van der Waals surface area contributed by atoms with Crippen LogP contribution in [0.25, 0.3) is 11.3 Å². The summed E-state index contributed by atoms with van der Waals surface area (Å²) in [6.07, 6.45) is 2.16. The van der Waals surface area contributed by atoms with Gasteiger partial charge in [0.15, 0.2) is 11.7 Å². The fraction of sp³-hybridized carbons (Fsp3) is 0.111. The summed E-state index contributed by atoms with van der Waals surface area (Å²) < 4.78 is 5.67. The van der Waals surface area contributed by atoms with E-state index in [1.807, 2.05) is 0 Å². The maximum absolute atomic E-state index is 12.0. The van der Waals surface area contributed by atoms with Crippen LogP contribution in [0.5, 0.6) is 0 Å². The average Bonchev–Trinajstić information content (AvgIpc) is 3.04. The summed E-state index contributed by atoms with van der Waals surface area (Å²) in [4.78, 5) is 16.2. The van der Waals surface area contributed by atoms with Gasteiger partial charge in [0.2, 0.25) is 5.91 Å². The van der Waals surface area contributed by atoms with Crippen molar-refractivity contribution in [3.05, 3.63) is 69.6 Å². The van der Waals surface area contributed by atoms with Crippen LogP contribution in [0, 0.1) is 0 Å². The van der Waals surface area contributed by atoms with Crippen molar-refractivity contribution in [3.8, 4) is 11.3 Å². The molecule has 0 atom stereocenters. The van der Waals surface area contributed by atoms with Crippen LogP contribution in [0.3, 0.4) is 0 Å². The molecule has 25 heavy (non-hydrogen) atoms. The topological polar surface area (TPSA) is 55.1 Å². The van der Waals surface area contributed by atoms with Crippen molar-refractivity contribution in [1.29, 1.82) is 0 Å². The number of benzene rings is 2. The van der Waals surface area contributed by atoms with E-state index in [4.69, 9.17) is 39.2 Å². The number of nitrogens with zero attached hydrogens (tertiary/aromatic N) is 1. The number of halogens is 3. The molecular formula is C18H13Cl3N2O2. The summed E-state index contributed by atoms with van der Waals surface area (Å²) in [6.45, 7) is 0. The molecule has 4 nitrogen and oxygen atoms in total. The molecule has 128 valence electrons. The zero-order chi connectivity index (χ0) is 17.8. The highest BCUT2D eigenvalue weighted by Crippen LogP contribution is 2.31. The minimum Gasteiger partial charge on any atom is -0.441 e. The van der Waals surface area contributed by atoms with E-state index < -0.39 is 0 Å². The Kier molecular flexibility index (Phi) is 5.63. The van der Waals surface area contributed by atoms with E-state index in [-0.39, 0.29) is 12.3 Å². The van der Waals surface area contributed by atoms with Crippen molar-refractivity contribution in [2.75, 3.05) is 5.32 Å². The maximum atomic E-state index is 12.0. The minimum atomic E-state index is -0.169. The molecule has 0 radical (unpaired) electrons. The van der Waals surface area contributed by atoms with Crippen molar-refractivity contribution in [2.24, 2.45) is 0 Å². The number of anilines is 1. The molecule has 0 saturated heterocycles. The molecule has 0 fully saturated rings. The Morgan fingerprint density at radius 3 is 2.64 bits per heavy atom. The summed E-state index contributed by atoms with van der Waals surface area (Å²) >= 11 is 18.1. The van der Waals surface area contributed by atoms with E-state index in [2.05, 4.69) is 10.3 Å². The lowest BCUT2D eigenvalue weighted by atomic mass is 10.2. The number of aromatic nitrogens is 1. The van der Waals surface area contributed by atoms with Crippen molar-refractivity contribution in [3.63, 3.8) is 0 Å². The van der Waals surface area contributed by atoms with Gasteiger partial charge in [-0.2, -0.15) is 0 Å². The van der Waals surface area contributed by atoms with Gasteiger partial charge in [-0.15, -0.1) is 0 Å². The van der Waals surface area contributed by atoms with Gasteiger partial charge < -0.3 is 9.73 Å². The van der Waals surface area contributed by atoms with Gasteiger partial charge in [-0.25, -0.2) is 4.98 Å². The number of oxazole rings is 1. The lowest BCUT2D eigenvalue weighted by Crippen LogP contribution is -2.12. The SMILES string of the molecule is O=C(CCc1ncc(-c2ccc(Cl)cc2Cl)o1)Nc1ccccc1Cl. The van der Waals surface area contributed by atoms with Gasteiger partial charge in [0, 0.05) is 23.4 Å². The van der Waals surface area contributed by atoms with E-state index in [1.54, 1.807) is 48.7 Å². The molecule has 0 aliphatic heterocycles. The van der Waals surface area contributed by atoms with Gasteiger partial charge in [-0.3, -0.25) is 4.79 Å². The highest BCUT2D eigenvalue weighted by atomic mass is 35.5. The molecule has 1 aromatic heterocycles. The Hall–Kier alpha value is -2.01. The molecule has 0 saturated carbocycles. The van der Waals surface area contributed by atoms with Gasteiger partial charge in [-0.1, -0.05) is 46.9 Å². The Labute approximate surface area is 159 Å². The summed E-state index contributed by atoms with van der Waals surface area (Å²) in [7, 11) is 0. The molecule has 3 rings (SSSR count). The van der Waals surface area contributed by atoms with Crippen LogP contribution in [-0.2, 0) is 11.2 Å². The van der Waals surface area contributed by atoms with Crippen LogP contribution in [0.1, 0.15) is 12.3 Å². The number of carbonyl (C=O) groups is 1. The van der Waals surface area contributed by atoms with Gasteiger partial charge in [0.05, 0.1) is 21.9 Å². The summed E-state index contributed by atoms with van der Waals surface area (Å²) in [5, 5.41) is 4.27. The van der Waals surface area contributed by atoms with Crippen molar-refractivity contribution < 1.29 is 9.21 Å². The standard InChI is InChI=1S/C18H13Cl3N2O2/c19-11-5-6-12(14(21)9-11)16-10-22-18(25-16)8-7-17(24)23-15-4-2-1-3-13(15)20/h1-6,9-10H,7-8H2,(H,23,24). The number of aryl methyl sites for hydroxylation is 1. The molecule has 0 aliphatic carbocycles. The van der Waals surface area contributed by atoms with E-state index in [9.17, 15) is 4.79 Å². The highest BCUT2D eigenvalue weighted by molar-refractivity contribution is 6.36. The summed E-state index contributed by atoms with van der Waals surface area (Å²) in [6, 6.07) is 12.2. The predicted octanol–water partition coefficient (Wildman–Crippen LogP) is 5.87. The largest absolute Gasteiger partial charge is 0.441 e. The zero-order valence-electron chi connectivity index (χ0n) is 12.9. The molecular weight excluding hydrogens is 383 g/mol. The number of nitrogens with one attached hydrogen (secondary N) is 1. The number of hydrogen-bond donors (Lipinski definition) is 1. The molecule has 1 amide bonds. The van der Waals surface area contributed by atoms with Crippen molar-refractivity contribution in [2.45, 2.75) is 12.8 Å². The normalized spacial score (nSPS) is 10.7. The van der Waals surface area contributed by atoms with Crippen molar-refractivity contribution >= 4 is 46.4 Å². The fourth-order valence-electron chi connectivity index (χ4n) is 2.24. The maximum Gasteiger partial charge on any atom is 0.224 e. The van der Waals surface area contributed by atoms with E-state index in [1.165, 1.54) is 0 Å². The number of carbonyl (C=O) groups excluding carboxylic acids is 1. The molecule has 2 aromatic carbocycles. The molecule has 0 spiro atoms. The fourth-order valence-corrected chi connectivity index (χ4v) is 2.92. The first-order chi connectivity index (χ1) is 12.0. The van der Waals surface area contributed by atoms with E-state index in [0.717, 1.165) is 0 Å². The Bertz CT molecular complexity index is 909. The lowest BCUT2D eigenvalue weighted by molar-refractivity contribution is -0.116. The van der Waals surface area contributed by atoms with Gasteiger partial charge in [0.25, 0.3) is 0 Å². The van der Waals surface area contributed by atoms with Crippen LogP contribution < -0.4 is 5.32 Å². The second-order valence-corrected chi connectivity index (χ2v) is 6.52. The third-order valence-electron chi connectivity index (χ3n) is 3.46. The number of para-hydroxylation sites is 1. The number of hydrogen-bond acceptors (Lipinski definition) is 3. The Morgan fingerprint density at radius 1 is 1.08 bits per heavy atom. The van der Waals surface area contributed by atoms with Crippen LogP contribution in [0.2, 0.25) is 15.1 Å². The predicted molar refractivity (Wildman–Crippen MR) is 100 cm³/mol. The first-order valence-electron chi connectivity index (χ1n) is 7.47. The molecule has 1 heterocycles. The molecule has 0 aliphatic rings. The first kappa shape index (κ1) is 17.8. The monoisotopic (exact) mass is 394 g/mol. The Morgan fingerprint density at radius 2 is 1.88 bits per heavy atom. The molecule has 0 unspecified atom stereocenters. The van der Waals surface area contributed by atoms with Gasteiger partial charge in [-0.05, 0) is 30.3 Å². The minimum absolute atomic E-state index is 0.169. The molecule has 0 bridgehead atoms. The molecule has 1 N–H and O–H groups in total. The third kappa shape index (κ3) is 4.54. The van der Waals surface area contributed by atoms with E-state index >= 15 is 0 Å². The first-order valence-corrected chi connectivity index (χ1v) is 8.61. The number of rotatable bonds is 5. The third-order valence-corrected chi connectivity index (χ3v) is 4.34. The summed E-state index contributed by atoms with van der Waals surface area (Å²) in [5.41, 5.74) is 1.28. The van der Waals surface area contributed by atoms with E-state index in [0.29, 0.717) is 44.4 Å². The van der Waals surface area contributed by atoms with Crippen LogP contribution in [0.15, 0.2) is 53.1 Å². The zero-order valence-corrected chi connectivity index (χ0v) is 15.2. The average molecular weight is 396 g/mol. The second-order valence-electron chi connectivity index (χ2n) is 5.27. The molecule has 7 heteroatoms. The van der Waals surface area contributed by atoms with Gasteiger partial charge in [0.1, 0.15) is 0 Å². The molecule has 3 aromatic rings. The van der Waals surface area contributed by atoms with Crippen LogP contribution in [-0.4, -0.2) is 10.9 Å². The number of amides is 1. The van der Waals surface area contributed by atoms with Gasteiger partial charge >= 0.3 is 0 Å². The van der Waals surface area contributed by atoms with Crippen LogP contribution in [0.4, 0.5) is 5.69 Å².